The second-order valence-electron chi connectivity index (χ2n) is 4.17. The third-order valence-corrected chi connectivity index (χ3v) is 5.28. The summed E-state index contributed by atoms with van der Waals surface area (Å²) in [5, 5.41) is 0.931. The zero-order valence-electron chi connectivity index (χ0n) is 9.78. The van der Waals surface area contributed by atoms with Crippen molar-refractivity contribution in [2.45, 2.75) is 6.92 Å². The van der Waals surface area contributed by atoms with E-state index in [1.807, 2.05) is 19.1 Å². The monoisotopic (exact) mass is 261 g/mol. The predicted molar refractivity (Wildman–Crippen MR) is 72.4 cm³/mol. The molecular formula is C15H11F2S+. The van der Waals surface area contributed by atoms with Crippen LogP contribution < -0.4 is 0 Å². The van der Waals surface area contributed by atoms with Gasteiger partial charge in [0.25, 0.3) is 0 Å². The molecule has 0 saturated carbocycles. The quantitative estimate of drug-likeness (QED) is 0.530. The molecule has 0 aliphatic heterocycles. The molecular weight excluding hydrogens is 250 g/mol. The van der Waals surface area contributed by atoms with Crippen molar-refractivity contribution in [3.05, 3.63) is 65.0 Å². The standard InChI is InChI=1S/C15H11F2S/c1-10-9-11-3-2-4-14(17)15(11)18(10)13-7-5-12(16)6-8-13/h2-9H,1H3/q+1. The maximum absolute atomic E-state index is 14.0. The van der Waals surface area contributed by atoms with Gasteiger partial charge in [0.2, 0.25) is 4.70 Å². The Morgan fingerprint density at radius 1 is 0.944 bits per heavy atom. The van der Waals surface area contributed by atoms with Crippen LogP contribution in [0.25, 0.3) is 15.0 Å². The van der Waals surface area contributed by atoms with Crippen LogP contribution in [0.2, 0.25) is 0 Å². The minimum atomic E-state index is -0.411. The Hall–Kier alpha value is -1.74. The van der Waals surface area contributed by atoms with Gasteiger partial charge in [-0.25, -0.2) is 8.78 Å². The smallest absolute Gasteiger partial charge is 0.207 e. The third kappa shape index (κ3) is 1.71. The highest BCUT2D eigenvalue weighted by Crippen LogP contribution is 2.44. The van der Waals surface area contributed by atoms with Crippen molar-refractivity contribution >= 4 is 20.6 Å². The van der Waals surface area contributed by atoms with Crippen LogP contribution >= 0.6 is 10.5 Å². The van der Waals surface area contributed by atoms with Crippen molar-refractivity contribution < 1.29 is 8.78 Å². The molecule has 0 amide bonds. The maximum Gasteiger partial charge on any atom is 0.222 e. The zero-order valence-corrected chi connectivity index (χ0v) is 10.6. The first kappa shape index (κ1) is 11.4. The first-order valence-corrected chi connectivity index (χ1v) is 6.86. The van der Waals surface area contributed by atoms with E-state index in [0.29, 0.717) is 0 Å². The highest BCUT2D eigenvalue weighted by Gasteiger charge is 2.23. The van der Waals surface area contributed by atoms with Crippen LogP contribution in [-0.2, 0) is 0 Å². The molecule has 1 atom stereocenters. The molecule has 3 rings (SSSR count). The summed E-state index contributed by atoms with van der Waals surface area (Å²) in [5.74, 6) is -0.454. The largest absolute Gasteiger partial charge is 0.222 e. The van der Waals surface area contributed by atoms with E-state index in [9.17, 15) is 8.78 Å². The van der Waals surface area contributed by atoms with Crippen LogP contribution in [0.3, 0.4) is 0 Å². The molecule has 90 valence electrons. The van der Waals surface area contributed by atoms with Crippen LogP contribution in [-0.4, -0.2) is 0 Å². The van der Waals surface area contributed by atoms with E-state index in [-0.39, 0.29) is 11.6 Å². The van der Waals surface area contributed by atoms with Gasteiger partial charge in [0.1, 0.15) is 5.82 Å². The van der Waals surface area contributed by atoms with Gasteiger partial charge in [-0.1, -0.05) is 6.07 Å². The minimum Gasteiger partial charge on any atom is -0.207 e. The van der Waals surface area contributed by atoms with Gasteiger partial charge in [-0.05, 0) is 24.3 Å². The molecule has 0 bridgehead atoms. The van der Waals surface area contributed by atoms with Gasteiger partial charge in [0.05, 0.1) is 0 Å². The summed E-state index contributed by atoms with van der Waals surface area (Å²) in [4.78, 5) is 2.07. The van der Waals surface area contributed by atoms with Gasteiger partial charge in [0, 0.05) is 41.0 Å². The summed E-state index contributed by atoms with van der Waals surface area (Å²) in [7, 11) is -0.411. The Labute approximate surface area is 106 Å². The van der Waals surface area contributed by atoms with E-state index >= 15 is 0 Å². The van der Waals surface area contributed by atoms with Crippen LogP contribution in [0.4, 0.5) is 8.78 Å². The number of hydrogen-bond donors (Lipinski definition) is 0. The fourth-order valence-electron chi connectivity index (χ4n) is 2.17. The van der Waals surface area contributed by atoms with Crippen LogP contribution in [0.15, 0.2) is 48.5 Å². The molecule has 2 aromatic carbocycles. The summed E-state index contributed by atoms with van der Waals surface area (Å²) < 4.78 is 27.7. The number of thiophene rings is 1. The van der Waals surface area contributed by atoms with Crippen molar-refractivity contribution in [1.82, 2.24) is 0 Å². The van der Waals surface area contributed by atoms with Gasteiger partial charge in [0.15, 0.2) is 15.6 Å². The molecule has 1 aromatic heterocycles. The first-order valence-electron chi connectivity index (χ1n) is 5.63. The zero-order chi connectivity index (χ0) is 12.7. The Kier molecular flexibility index (Phi) is 2.63. The maximum atomic E-state index is 14.0. The van der Waals surface area contributed by atoms with Gasteiger partial charge in [-0.15, -0.1) is 0 Å². The average molecular weight is 261 g/mol. The molecule has 0 aliphatic carbocycles. The Morgan fingerprint density at radius 2 is 1.67 bits per heavy atom. The summed E-state index contributed by atoms with van der Waals surface area (Å²) in [6.45, 7) is 1.99. The molecule has 0 radical (unpaired) electrons. The van der Waals surface area contributed by atoms with Crippen molar-refractivity contribution in [2.75, 3.05) is 0 Å². The van der Waals surface area contributed by atoms with Gasteiger partial charge in [-0.2, -0.15) is 0 Å². The van der Waals surface area contributed by atoms with E-state index in [0.717, 1.165) is 19.9 Å². The fourth-order valence-corrected chi connectivity index (χ4v) is 4.38. The van der Waals surface area contributed by atoms with Crippen molar-refractivity contribution in [3.63, 3.8) is 0 Å². The highest BCUT2D eigenvalue weighted by atomic mass is 32.2. The lowest BCUT2D eigenvalue weighted by Crippen LogP contribution is -1.77. The van der Waals surface area contributed by atoms with Gasteiger partial charge < -0.3 is 0 Å². The Bertz CT molecular complexity index is 711. The lowest BCUT2D eigenvalue weighted by atomic mass is 10.2. The van der Waals surface area contributed by atoms with Crippen molar-refractivity contribution in [2.24, 2.45) is 0 Å². The topological polar surface area (TPSA) is 0 Å². The van der Waals surface area contributed by atoms with Crippen LogP contribution in [0.1, 0.15) is 4.88 Å². The molecule has 3 aromatic rings. The molecule has 0 N–H and O–H groups in total. The average Bonchev–Trinajstić information content (AvgIpc) is 2.68. The number of hydrogen-bond acceptors (Lipinski definition) is 0. The molecule has 0 aliphatic rings. The second-order valence-corrected chi connectivity index (χ2v) is 6.31. The second kappa shape index (κ2) is 4.18. The van der Waals surface area contributed by atoms with E-state index in [1.165, 1.54) is 18.2 Å². The molecule has 1 unspecified atom stereocenters. The van der Waals surface area contributed by atoms with E-state index in [2.05, 4.69) is 0 Å². The molecule has 0 fully saturated rings. The molecule has 1 heterocycles. The third-order valence-electron chi connectivity index (χ3n) is 2.93. The molecule has 0 spiro atoms. The minimum absolute atomic E-state index is 0.187. The van der Waals surface area contributed by atoms with Crippen molar-refractivity contribution in [1.29, 1.82) is 0 Å². The number of benzene rings is 2. The molecule has 0 saturated heterocycles. The summed E-state index contributed by atoms with van der Waals surface area (Å²) in [6, 6.07) is 13.4. The lowest BCUT2D eigenvalue weighted by molar-refractivity contribution is 0.628. The van der Waals surface area contributed by atoms with Crippen LogP contribution in [0, 0.1) is 18.6 Å². The first-order chi connectivity index (χ1) is 8.66. The number of aryl methyl sites for hydroxylation is 1. The van der Waals surface area contributed by atoms with E-state index < -0.39 is 10.5 Å². The molecule has 18 heavy (non-hydrogen) atoms. The SMILES string of the molecule is Cc1cc2cccc(F)c2[s+]1-c1ccc(F)cc1. The van der Waals surface area contributed by atoms with Gasteiger partial charge in [-0.3, -0.25) is 0 Å². The van der Waals surface area contributed by atoms with E-state index in [4.69, 9.17) is 0 Å². The Morgan fingerprint density at radius 3 is 2.39 bits per heavy atom. The number of halogens is 2. The summed E-state index contributed by atoms with van der Waals surface area (Å²) in [6.07, 6.45) is 0. The van der Waals surface area contributed by atoms with Crippen molar-refractivity contribution in [3.8, 4) is 4.90 Å². The Balaban J connectivity index is 2.34. The summed E-state index contributed by atoms with van der Waals surface area (Å²) in [5.41, 5.74) is 0. The normalized spacial score (nSPS) is 12.1. The fraction of sp³-hybridized carbons (Fsp3) is 0.0667. The van der Waals surface area contributed by atoms with E-state index in [1.54, 1.807) is 18.2 Å². The summed E-state index contributed by atoms with van der Waals surface area (Å²) >= 11 is 0. The highest BCUT2D eigenvalue weighted by molar-refractivity contribution is 7.45. The number of rotatable bonds is 1. The van der Waals surface area contributed by atoms with Gasteiger partial charge >= 0.3 is 0 Å². The lowest BCUT2D eigenvalue weighted by Gasteiger charge is -1.94. The van der Waals surface area contributed by atoms with Crippen LogP contribution in [0.5, 0.6) is 0 Å². The predicted octanol–water partition coefficient (Wildman–Crippen LogP) is 5.16. The molecule has 0 nitrogen and oxygen atoms in total. The number of fused-ring (bicyclic) bond motifs is 1. The molecule has 3 heteroatoms.